The monoisotopic (exact) mass is 468 g/mol. The predicted octanol–water partition coefficient (Wildman–Crippen LogP) is 8.90. The van der Waals surface area contributed by atoms with Gasteiger partial charge in [0.2, 0.25) is 0 Å². The van der Waals surface area contributed by atoms with Crippen molar-refractivity contribution in [3.63, 3.8) is 0 Å². The fraction of sp³-hybridized carbons (Fsp3) is 0.226. The molecule has 35 heavy (non-hydrogen) atoms. The van der Waals surface area contributed by atoms with E-state index in [-0.39, 0.29) is 11.7 Å². The van der Waals surface area contributed by atoms with E-state index < -0.39 is 0 Å². The van der Waals surface area contributed by atoms with Gasteiger partial charge in [-0.25, -0.2) is 0 Å². The maximum atomic E-state index is 5.98. The zero-order valence-electron chi connectivity index (χ0n) is 20.9. The van der Waals surface area contributed by atoms with Crippen molar-refractivity contribution in [2.24, 2.45) is 0 Å². The minimum Gasteiger partial charge on any atom is -0.491 e. The molecule has 0 aromatic heterocycles. The molecule has 4 aromatic rings. The number of hydrogen-bond donors (Lipinski definition) is 0. The standard InChI is InChI=1S/C31H32O4/c1-22(2)32-25-14-16-28(17-15-25)33-26-10-6-23(7-11-26)24-8-12-27(13-9-24)34-29-18-20-30(21-19-29)35-31(3,4)5/h6-22H,1-5H3. The SMILES string of the molecule is CC(C)Oc1ccc(Oc2ccc(-c3ccc(Oc4ccc(OC(C)(C)C)cc4)cc3)cc2)cc1. The highest BCUT2D eigenvalue weighted by atomic mass is 16.5. The van der Waals surface area contributed by atoms with Crippen LogP contribution in [-0.4, -0.2) is 11.7 Å². The minimum atomic E-state index is -0.225. The Labute approximate surface area is 208 Å². The quantitative estimate of drug-likeness (QED) is 0.259. The molecule has 0 radical (unpaired) electrons. The van der Waals surface area contributed by atoms with E-state index in [1.165, 1.54) is 0 Å². The van der Waals surface area contributed by atoms with Crippen molar-refractivity contribution in [2.75, 3.05) is 0 Å². The van der Waals surface area contributed by atoms with Crippen LogP contribution in [0.3, 0.4) is 0 Å². The number of ether oxygens (including phenoxy) is 4. The number of rotatable bonds is 8. The lowest BCUT2D eigenvalue weighted by molar-refractivity contribution is 0.131. The lowest BCUT2D eigenvalue weighted by atomic mass is 10.1. The largest absolute Gasteiger partial charge is 0.491 e. The Morgan fingerprint density at radius 3 is 1.11 bits per heavy atom. The first kappa shape index (κ1) is 24.2. The molecule has 4 heteroatoms. The molecule has 0 N–H and O–H groups in total. The smallest absolute Gasteiger partial charge is 0.127 e. The van der Waals surface area contributed by atoms with Gasteiger partial charge in [-0.2, -0.15) is 0 Å². The van der Waals surface area contributed by atoms with Gasteiger partial charge in [-0.05, 0) is 119 Å². The molecule has 4 nitrogen and oxygen atoms in total. The molecule has 4 rings (SSSR count). The summed E-state index contributed by atoms with van der Waals surface area (Å²) in [5.41, 5.74) is 1.98. The fourth-order valence-corrected chi connectivity index (χ4v) is 3.49. The van der Waals surface area contributed by atoms with Gasteiger partial charge < -0.3 is 18.9 Å². The molecule has 0 amide bonds. The van der Waals surface area contributed by atoms with Crippen LogP contribution in [0, 0.1) is 0 Å². The van der Waals surface area contributed by atoms with E-state index in [4.69, 9.17) is 18.9 Å². The molecule has 0 saturated heterocycles. The van der Waals surface area contributed by atoms with Gasteiger partial charge >= 0.3 is 0 Å². The molecular formula is C31H32O4. The molecule has 0 aliphatic rings. The van der Waals surface area contributed by atoms with Crippen LogP contribution < -0.4 is 18.9 Å². The summed E-state index contributed by atoms with van der Waals surface area (Å²) in [5.74, 6) is 4.76. The van der Waals surface area contributed by atoms with E-state index in [0.717, 1.165) is 45.6 Å². The first-order valence-corrected chi connectivity index (χ1v) is 11.9. The Morgan fingerprint density at radius 1 is 0.457 bits per heavy atom. The molecule has 180 valence electrons. The van der Waals surface area contributed by atoms with Crippen LogP contribution in [0.1, 0.15) is 34.6 Å². The van der Waals surface area contributed by atoms with Crippen molar-refractivity contribution in [1.82, 2.24) is 0 Å². The van der Waals surface area contributed by atoms with Crippen molar-refractivity contribution in [1.29, 1.82) is 0 Å². The first-order chi connectivity index (χ1) is 16.7. The first-order valence-electron chi connectivity index (χ1n) is 11.9. The van der Waals surface area contributed by atoms with Gasteiger partial charge in [-0.1, -0.05) is 24.3 Å². The third-order valence-corrected chi connectivity index (χ3v) is 4.96. The highest BCUT2D eigenvalue weighted by Crippen LogP contribution is 2.30. The van der Waals surface area contributed by atoms with Crippen LogP contribution in [0.4, 0.5) is 0 Å². The second kappa shape index (κ2) is 10.6. The van der Waals surface area contributed by atoms with Crippen molar-refractivity contribution in [2.45, 2.75) is 46.3 Å². The zero-order valence-corrected chi connectivity index (χ0v) is 20.9. The average molecular weight is 469 g/mol. The van der Waals surface area contributed by atoms with Crippen molar-refractivity contribution in [3.05, 3.63) is 97.1 Å². The van der Waals surface area contributed by atoms with E-state index in [2.05, 4.69) is 24.3 Å². The number of benzene rings is 4. The van der Waals surface area contributed by atoms with Crippen LogP contribution in [-0.2, 0) is 0 Å². The van der Waals surface area contributed by atoms with Gasteiger partial charge in [-0.3, -0.25) is 0 Å². The molecule has 4 aromatic carbocycles. The molecule has 0 bridgehead atoms. The number of hydrogen-bond acceptors (Lipinski definition) is 4. The molecular weight excluding hydrogens is 436 g/mol. The topological polar surface area (TPSA) is 36.9 Å². The predicted molar refractivity (Wildman–Crippen MR) is 141 cm³/mol. The summed E-state index contributed by atoms with van der Waals surface area (Å²) in [6.07, 6.45) is 0.148. The third kappa shape index (κ3) is 7.28. The average Bonchev–Trinajstić information content (AvgIpc) is 2.81. The van der Waals surface area contributed by atoms with Gasteiger partial charge in [-0.15, -0.1) is 0 Å². The Bertz CT molecular complexity index is 1200. The molecule has 0 heterocycles. The molecule has 0 aliphatic heterocycles. The van der Waals surface area contributed by atoms with Crippen molar-refractivity contribution >= 4 is 0 Å². The van der Waals surface area contributed by atoms with Gasteiger partial charge in [0, 0.05) is 0 Å². The van der Waals surface area contributed by atoms with Gasteiger partial charge in [0.1, 0.15) is 40.1 Å². The van der Waals surface area contributed by atoms with Gasteiger partial charge in [0.05, 0.1) is 6.10 Å². The van der Waals surface area contributed by atoms with Crippen LogP contribution in [0.5, 0.6) is 34.5 Å². The summed E-state index contributed by atoms with van der Waals surface area (Å²) in [6.45, 7) is 10.1. The minimum absolute atomic E-state index is 0.148. The highest BCUT2D eigenvalue weighted by molar-refractivity contribution is 5.65. The van der Waals surface area contributed by atoms with E-state index in [0.29, 0.717) is 0 Å². The van der Waals surface area contributed by atoms with E-state index in [1.807, 2.05) is 107 Å². The van der Waals surface area contributed by atoms with E-state index >= 15 is 0 Å². The maximum absolute atomic E-state index is 5.98. The summed E-state index contributed by atoms with van der Waals surface area (Å²) in [6, 6.07) is 31.4. The lowest BCUT2D eigenvalue weighted by Crippen LogP contribution is -2.22. The summed E-state index contributed by atoms with van der Waals surface area (Å²) < 4.78 is 23.5. The highest BCUT2D eigenvalue weighted by Gasteiger charge is 2.11. The third-order valence-electron chi connectivity index (χ3n) is 4.96. The van der Waals surface area contributed by atoms with Crippen LogP contribution in [0.15, 0.2) is 97.1 Å². The molecule has 0 atom stereocenters. The normalized spacial score (nSPS) is 11.3. The molecule has 0 spiro atoms. The Kier molecular flexibility index (Phi) is 7.31. The maximum Gasteiger partial charge on any atom is 0.127 e. The Morgan fingerprint density at radius 2 is 0.771 bits per heavy atom. The lowest BCUT2D eigenvalue weighted by Gasteiger charge is -2.21. The molecule has 0 unspecified atom stereocenters. The van der Waals surface area contributed by atoms with Crippen molar-refractivity contribution in [3.8, 4) is 45.6 Å². The summed E-state index contributed by atoms with van der Waals surface area (Å²) in [5, 5.41) is 0. The van der Waals surface area contributed by atoms with Crippen LogP contribution in [0.2, 0.25) is 0 Å². The Balaban J connectivity index is 1.35. The second-order valence-corrected chi connectivity index (χ2v) is 9.58. The van der Waals surface area contributed by atoms with Gasteiger partial charge in [0.15, 0.2) is 0 Å². The van der Waals surface area contributed by atoms with Crippen LogP contribution >= 0.6 is 0 Å². The summed E-state index contributed by atoms with van der Waals surface area (Å²) in [7, 11) is 0. The molecule has 0 fully saturated rings. The summed E-state index contributed by atoms with van der Waals surface area (Å²) in [4.78, 5) is 0. The van der Waals surface area contributed by atoms with Crippen LogP contribution in [0.25, 0.3) is 11.1 Å². The van der Waals surface area contributed by atoms with Crippen molar-refractivity contribution < 1.29 is 18.9 Å². The fourth-order valence-electron chi connectivity index (χ4n) is 3.49. The summed E-state index contributed by atoms with van der Waals surface area (Å²) >= 11 is 0. The van der Waals surface area contributed by atoms with E-state index in [9.17, 15) is 0 Å². The van der Waals surface area contributed by atoms with E-state index in [1.54, 1.807) is 0 Å². The molecule has 0 aliphatic carbocycles. The van der Waals surface area contributed by atoms with Gasteiger partial charge in [0.25, 0.3) is 0 Å². The second-order valence-electron chi connectivity index (χ2n) is 9.58. The Hall–Kier alpha value is -3.92. The zero-order chi connectivity index (χ0) is 24.8. The molecule has 0 saturated carbocycles.